The van der Waals surface area contributed by atoms with Gasteiger partial charge in [0.1, 0.15) is 0 Å². The first-order valence-electron chi connectivity index (χ1n) is 5.56. The van der Waals surface area contributed by atoms with Crippen LogP contribution in [-0.2, 0) is 12.3 Å². The monoisotopic (exact) mass is 263 g/mol. The van der Waals surface area contributed by atoms with Gasteiger partial charge >= 0.3 is 0 Å². The molecule has 88 valence electrons. The number of nitrogens with zero attached hydrogens (tertiary/aromatic N) is 1. The third-order valence-corrected chi connectivity index (χ3v) is 3.92. The van der Waals surface area contributed by atoms with Gasteiger partial charge in [0.2, 0.25) is 0 Å². The predicted octanol–water partition coefficient (Wildman–Crippen LogP) is 4.75. The minimum atomic E-state index is 0.475. The van der Waals surface area contributed by atoms with E-state index in [0.29, 0.717) is 5.88 Å². The summed E-state index contributed by atoms with van der Waals surface area (Å²) in [5, 5.41) is 0. The van der Waals surface area contributed by atoms with Crippen LogP contribution in [0.1, 0.15) is 22.9 Å². The first-order chi connectivity index (χ1) is 8.30. The molecule has 1 nitrogen and oxygen atoms in total. The Morgan fingerprint density at radius 3 is 2.59 bits per heavy atom. The van der Waals surface area contributed by atoms with E-state index in [9.17, 15) is 0 Å². The summed E-state index contributed by atoms with van der Waals surface area (Å²) in [6.45, 7) is 5.94. The van der Waals surface area contributed by atoms with Crippen LogP contribution in [0.15, 0.2) is 30.8 Å². The molecule has 0 spiro atoms. The number of aryl methyl sites for hydroxylation is 1. The molecule has 0 saturated carbocycles. The van der Waals surface area contributed by atoms with E-state index in [0.717, 1.165) is 28.1 Å². The molecule has 3 heteroatoms. The van der Waals surface area contributed by atoms with Gasteiger partial charge in [0, 0.05) is 11.1 Å². The molecule has 0 aliphatic carbocycles. The highest BCUT2D eigenvalue weighted by Gasteiger charge is 2.12. The van der Waals surface area contributed by atoms with E-state index in [4.69, 9.17) is 11.6 Å². The third kappa shape index (κ3) is 2.43. The molecule has 0 atom stereocenters. The summed E-state index contributed by atoms with van der Waals surface area (Å²) >= 11 is 7.44. The Hall–Kier alpha value is -1.12. The van der Waals surface area contributed by atoms with E-state index in [1.165, 1.54) is 17.1 Å². The summed E-state index contributed by atoms with van der Waals surface area (Å²) in [5.41, 5.74) is 4.53. The first-order valence-corrected chi connectivity index (χ1v) is 6.87. The zero-order valence-corrected chi connectivity index (χ0v) is 11.3. The Kier molecular flexibility index (Phi) is 3.97. The second-order valence-corrected chi connectivity index (χ2v) is 4.83. The van der Waals surface area contributed by atoms with Crippen molar-refractivity contribution in [3.05, 3.63) is 46.8 Å². The van der Waals surface area contributed by atoms with Crippen LogP contribution in [0.3, 0.4) is 0 Å². The fourth-order valence-corrected chi connectivity index (χ4v) is 2.85. The molecule has 0 fully saturated rings. The van der Waals surface area contributed by atoms with E-state index in [1.54, 1.807) is 0 Å². The Morgan fingerprint density at radius 2 is 2.06 bits per heavy atom. The Bertz CT molecular complexity index is 514. The van der Waals surface area contributed by atoms with Crippen molar-refractivity contribution in [2.75, 3.05) is 0 Å². The average Bonchev–Trinajstić information content (AvgIpc) is 2.81. The molecule has 1 heterocycles. The maximum atomic E-state index is 5.98. The Labute approximate surface area is 111 Å². The largest absolute Gasteiger partial charge is 0.192 e. The zero-order valence-electron chi connectivity index (χ0n) is 9.74. The van der Waals surface area contributed by atoms with Crippen LogP contribution < -0.4 is 0 Å². The van der Waals surface area contributed by atoms with Crippen LogP contribution >= 0.6 is 23.1 Å². The van der Waals surface area contributed by atoms with Crippen molar-refractivity contribution >= 4 is 29.2 Å². The number of aromatic nitrogens is 1. The highest BCUT2D eigenvalue weighted by atomic mass is 35.5. The fraction of sp³-hybridized carbons (Fsp3) is 0.214. The molecule has 0 radical (unpaired) electrons. The topological polar surface area (TPSA) is 12.9 Å². The minimum absolute atomic E-state index is 0.475. The number of benzene rings is 1. The third-order valence-electron chi connectivity index (χ3n) is 2.77. The summed E-state index contributed by atoms with van der Waals surface area (Å²) in [6, 6.07) is 8.49. The van der Waals surface area contributed by atoms with E-state index < -0.39 is 0 Å². The van der Waals surface area contributed by atoms with Crippen LogP contribution in [0.5, 0.6) is 0 Å². The lowest BCUT2D eigenvalue weighted by Gasteiger charge is -2.02. The Balaban J connectivity index is 2.44. The highest BCUT2D eigenvalue weighted by molar-refractivity contribution is 7.07. The normalized spacial score (nSPS) is 10.5. The van der Waals surface area contributed by atoms with Crippen LogP contribution in [0.25, 0.3) is 17.3 Å². The quantitative estimate of drug-likeness (QED) is 0.725. The summed E-state index contributed by atoms with van der Waals surface area (Å²) in [5.74, 6) is 0.475. The lowest BCUT2D eigenvalue weighted by molar-refractivity contribution is 1.14. The van der Waals surface area contributed by atoms with Crippen molar-refractivity contribution in [3.63, 3.8) is 0 Å². The molecule has 0 bridgehead atoms. The van der Waals surface area contributed by atoms with Crippen LogP contribution in [0.4, 0.5) is 0 Å². The number of halogens is 1. The molecule has 2 aromatic rings. The SMILES string of the molecule is C=Cc1snc(-c2ccc(CC)cc2)c1CCl. The Morgan fingerprint density at radius 1 is 1.35 bits per heavy atom. The van der Waals surface area contributed by atoms with Gasteiger partial charge in [-0.05, 0) is 23.5 Å². The van der Waals surface area contributed by atoms with Gasteiger partial charge in [0.15, 0.2) is 0 Å². The van der Waals surface area contributed by atoms with Gasteiger partial charge in [-0.2, -0.15) is 4.37 Å². The van der Waals surface area contributed by atoms with Gasteiger partial charge < -0.3 is 0 Å². The van der Waals surface area contributed by atoms with Crippen molar-refractivity contribution in [2.24, 2.45) is 0 Å². The maximum absolute atomic E-state index is 5.98. The smallest absolute Gasteiger partial charge is 0.0891 e. The van der Waals surface area contributed by atoms with Crippen LogP contribution in [0.2, 0.25) is 0 Å². The van der Waals surface area contributed by atoms with Gasteiger partial charge in [0.25, 0.3) is 0 Å². The standard InChI is InChI=1S/C14H14ClNS/c1-3-10-5-7-11(8-6-10)14-12(9-15)13(4-2)17-16-14/h4-8H,2-3,9H2,1H3. The molecule has 0 amide bonds. The average molecular weight is 264 g/mol. The van der Waals surface area contributed by atoms with Crippen molar-refractivity contribution < 1.29 is 0 Å². The maximum Gasteiger partial charge on any atom is 0.0891 e. The van der Waals surface area contributed by atoms with E-state index in [2.05, 4.69) is 42.1 Å². The van der Waals surface area contributed by atoms with Crippen molar-refractivity contribution in [3.8, 4) is 11.3 Å². The number of rotatable bonds is 4. The number of alkyl halides is 1. The minimum Gasteiger partial charge on any atom is -0.192 e. The van der Waals surface area contributed by atoms with Gasteiger partial charge in [-0.15, -0.1) is 11.6 Å². The molecule has 1 aromatic carbocycles. The summed E-state index contributed by atoms with van der Waals surface area (Å²) in [4.78, 5) is 1.06. The molecule has 0 unspecified atom stereocenters. The van der Waals surface area contributed by atoms with Gasteiger partial charge in [-0.1, -0.05) is 43.8 Å². The second kappa shape index (κ2) is 5.48. The lowest BCUT2D eigenvalue weighted by atomic mass is 10.0. The zero-order chi connectivity index (χ0) is 12.3. The molecule has 0 aliphatic rings. The van der Waals surface area contributed by atoms with Crippen molar-refractivity contribution in [1.82, 2.24) is 4.37 Å². The van der Waals surface area contributed by atoms with E-state index in [-0.39, 0.29) is 0 Å². The molecule has 0 saturated heterocycles. The fourth-order valence-electron chi connectivity index (χ4n) is 1.74. The van der Waals surface area contributed by atoms with Gasteiger partial charge in [-0.3, -0.25) is 0 Å². The van der Waals surface area contributed by atoms with Gasteiger partial charge in [0.05, 0.1) is 16.5 Å². The number of hydrogen-bond acceptors (Lipinski definition) is 2. The van der Waals surface area contributed by atoms with Crippen molar-refractivity contribution in [1.29, 1.82) is 0 Å². The summed E-state index contributed by atoms with van der Waals surface area (Å²) in [7, 11) is 0. The van der Waals surface area contributed by atoms with Gasteiger partial charge in [-0.25, -0.2) is 0 Å². The molecule has 0 N–H and O–H groups in total. The molecular formula is C14H14ClNS. The summed E-state index contributed by atoms with van der Waals surface area (Å²) < 4.78 is 4.47. The molecule has 2 rings (SSSR count). The first kappa shape index (κ1) is 12.3. The molecule has 0 aliphatic heterocycles. The van der Waals surface area contributed by atoms with E-state index >= 15 is 0 Å². The van der Waals surface area contributed by atoms with Crippen molar-refractivity contribution in [2.45, 2.75) is 19.2 Å². The number of hydrogen-bond donors (Lipinski definition) is 0. The van der Waals surface area contributed by atoms with Crippen LogP contribution in [-0.4, -0.2) is 4.37 Å². The predicted molar refractivity (Wildman–Crippen MR) is 76.6 cm³/mol. The highest BCUT2D eigenvalue weighted by Crippen LogP contribution is 2.30. The van der Waals surface area contributed by atoms with E-state index in [1.807, 2.05) is 6.08 Å². The molecular weight excluding hydrogens is 250 g/mol. The molecule has 1 aromatic heterocycles. The van der Waals surface area contributed by atoms with Crippen LogP contribution in [0, 0.1) is 0 Å². The second-order valence-electron chi connectivity index (χ2n) is 3.76. The lowest BCUT2D eigenvalue weighted by Crippen LogP contribution is -1.86. The summed E-state index contributed by atoms with van der Waals surface area (Å²) in [6.07, 6.45) is 2.87. The molecule has 17 heavy (non-hydrogen) atoms.